The molecule has 1 atom stereocenters. The summed E-state index contributed by atoms with van der Waals surface area (Å²) in [5, 5.41) is 2.13. The van der Waals surface area contributed by atoms with Crippen LogP contribution in [0.15, 0.2) is 30.5 Å². The number of hydrogen-bond donors (Lipinski definition) is 0. The third-order valence-corrected chi connectivity index (χ3v) is 3.95. The molecule has 0 saturated carbocycles. The molecule has 0 aliphatic carbocycles. The van der Waals surface area contributed by atoms with Crippen molar-refractivity contribution in [1.29, 1.82) is 0 Å². The van der Waals surface area contributed by atoms with Gasteiger partial charge in [-0.05, 0) is 12.5 Å². The topological polar surface area (TPSA) is 27.7 Å². The van der Waals surface area contributed by atoms with E-state index in [2.05, 4.69) is 19.1 Å². The first-order valence-electron chi connectivity index (χ1n) is 7.30. The Morgan fingerprint density at radius 3 is 2.33 bits per heavy atom. The zero-order valence-corrected chi connectivity index (χ0v) is 12.7. The standard InChI is InChI=1S/C18H20O3/c1-4-7-15-16-14(10-11-21-15)17(19-2)12-8-5-6-9-13(12)18(16)20-3/h5-6,8-11,15H,4,7H2,1-3H3. The summed E-state index contributed by atoms with van der Waals surface area (Å²) in [6, 6.07) is 8.17. The zero-order valence-electron chi connectivity index (χ0n) is 12.7. The molecule has 0 spiro atoms. The van der Waals surface area contributed by atoms with Gasteiger partial charge in [0.1, 0.15) is 17.6 Å². The van der Waals surface area contributed by atoms with Crippen LogP contribution in [-0.4, -0.2) is 14.2 Å². The fourth-order valence-corrected chi connectivity index (χ4v) is 3.08. The van der Waals surface area contributed by atoms with Crippen molar-refractivity contribution in [3.05, 3.63) is 41.7 Å². The molecule has 0 amide bonds. The van der Waals surface area contributed by atoms with Crippen LogP contribution in [0, 0.1) is 0 Å². The van der Waals surface area contributed by atoms with E-state index in [9.17, 15) is 0 Å². The molecule has 2 aromatic carbocycles. The van der Waals surface area contributed by atoms with Crippen LogP contribution in [-0.2, 0) is 4.74 Å². The van der Waals surface area contributed by atoms with E-state index in [-0.39, 0.29) is 6.10 Å². The molecular formula is C18H20O3. The van der Waals surface area contributed by atoms with Gasteiger partial charge in [-0.15, -0.1) is 0 Å². The highest BCUT2D eigenvalue weighted by molar-refractivity contribution is 5.98. The molecule has 0 bridgehead atoms. The van der Waals surface area contributed by atoms with Crippen LogP contribution >= 0.6 is 0 Å². The summed E-state index contributed by atoms with van der Waals surface area (Å²) in [5.41, 5.74) is 2.16. The molecule has 0 radical (unpaired) electrons. The Kier molecular flexibility index (Phi) is 3.74. The van der Waals surface area contributed by atoms with E-state index in [1.807, 2.05) is 18.2 Å². The molecule has 0 aromatic heterocycles. The number of benzene rings is 2. The largest absolute Gasteiger partial charge is 0.496 e. The van der Waals surface area contributed by atoms with Crippen LogP contribution in [0.4, 0.5) is 0 Å². The van der Waals surface area contributed by atoms with Crippen LogP contribution in [0.2, 0.25) is 0 Å². The summed E-state index contributed by atoms with van der Waals surface area (Å²) in [6.45, 7) is 2.16. The maximum atomic E-state index is 5.82. The third kappa shape index (κ3) is 2.13. The lowest BCUT2D eigenvalue weighted by molar-refractivity contribution is 0.130. The lowest BCUT2D eigenvalue weighted by Crippen LogP contribution is -2.10. The predicted octanol–water partition coefficient (Wildman–Crippen LogP) is 4.70. The van der Waals surface area contributed by atoms with Gasteiger partial charge in [0, 0.05) is 21.9 Å². The molecule has 3 nitrogen and oxygen atoms in total. The molecule has 1 unspecified atom stereocenters. The Labute approximate surface area is 125 Å². The van der Waals surface area contributed by atoms with Crippen LogP contribution in [0.25, 0.3) is 16.8 Å². The Balaban J connectivity index is 2.38. The first-order valence-corrected chi connectivity index (χ1v) is 7.30. The van der Waals surface area contributed by atoms with Gasteiger partial charge in [0.2, 0.25) is 0 Å². The van der Waals surface area contributed by atoms with Gasteiger partial charge in [0.05, 0.1) is 20.5 Å². The second-order valence-corrected chi connectivity index (χ2v) is 5.16. The molecule has 0 N–H and O–H groups in total. The van der Waals surface area contributed by atoms with E-state index in [1.165, 1.54) is 0 Å². The number of hydrogen-bond acceptors (Lipinski definition) is 3. The van der Waals surface area contributed by atoms with E-state index in [1.54, 1.807) is 20.5 Å². The molecule has 3 rings (SSSR count). The highest BCUT2D eigenvalue weighted by Crippen LogP contribution is 2.47. The maximum absolute atomic E-state index is 5.82. The maximum Gasteiger partial charge on any atom is 0.134 e. The average molecular weight is 284 g/mol. The summed E-state index contributed by atoms with van der Waals surface area (Å²) < 4.78 is 17.2. The summed E-state index contributed by atoms with van der Waals surface area (Å²) in [7, 11) is 3.43. The summed E-state index contributed by atoms with van der Waals surface area (Å²) >= 11 is 0. The van der Waals surface area contributed by atoms with Gasteiger partial charge >= 0.3 is 0 Å². The molecule has 1 heterocycles. The van der Waals surface area contributed by atoms with Gasteiger partial charge < -0.3 is 14.2 Å². The van der Waals surface area contributed by atoms with Crippen LogP contribution < -0.4 is 9.47 Å². The molecule has 21 heavy (non-hydrogen) atoms. The summed E-state index contributed by atoms with van der Waals surface area (Å²) in [5.74, 6) is 1.78. The quantitative estimate of drug-likeness (QED) is 0.814. The molecular weight excluding hydrogens is 264 g/mol. The van der Waals surface area contributed by atoms with Crippen molar-refractivity contribution in [3.63, 3.8) is 0 Å². The summed E-state index contributed by atoms with van der Waals surface area (Å²) in [6.07, 6.45) is 5.75. The van der Waals surface area contributed by atoms with Crippen molar-refractivity contribution in [2.75, 3.05) is 14.2 Å². The van der Waals surface area contributed by atoms with Crippen molar-refractivity contribution < 1.29 is 14.2 Å². The minimum absolute atomic E-state index is 0.0171. The first kappa shape index (κ1) is 13.8. The Bertz CT molecular complexity index is 688. The summed E-state index contributed by atoms with van der Waals surface area (Å²) in [4.78, 5) is 0. The third-order valence-electron chi connectivity index (χ3n) is 3.95. The molecule has 1 aliphatic rings. The van der Waals surface area contributed by atoms with Crippen LogP contribution in [0.3, 0.4) is 0 Å². The normalized spacial score (nSPS) is 16.4. The Hall–Kier alpha value is -2.16. The van der Waals surface area contributed by atoms with Gasteiger partial charge in [0.15, 0.2) is 0 Å². The molecule has 0 fully saturated rings. The van der Waals surface area contributed by atoms with Gasteiger partial charge in [0.25, 0.3) is 0 Å². The molecule has 2 aromatic rings. The van der Waals surface area contributed by atoms with Gasteiger partial charge in [-0.3, -0.25) is 0 Å². The van der Waals surface area contributed by atoms with Crippen LogP contribution in [0.1, 0.15) is 37.0 Å². The Morgan fingerprint density at radius 1 is 1.05 bits per heavy atom. The Morgan fingerprint density at radius 2 is 1.71 bits per heavy atom. The smallest absolute Gasteiger partial charge is 0.134 e. The SMILES string of the molecule is CCCC1OC=Cc2c1c(OC)c1ccccc1c2OC. The van der Waals surface area contributed by atoms with E-state index >= 15 is 0 Å². The lowest BCUT2D eigenvalue weighted by atomic mass is 9.91. The van der Waals surface area contributed by atoms with Crippen molar-refractivity contribution in [1.82, 2.24) is 0 Å². The van der Waals surface area contributed by atoms with E-state index in [0.29, 0.717) is 0 Å². The van der Waals surface area contributed by atoms with Crippen molar-refractivity contribution in [2.24, 2.45) is 0 Å². The van der Waals surface area contributed by atoms with Crippen molar-refractivity contribution >= 4 is 16.8 Å². The van der Waals surface area contributed by atoms with Crippen molar-refractivity contribution in [2.45, 2.75) is 25.9 Å². The lowest BCUT2D eigenvalue weighted by Gasteiger charge is -2.27. The van der Waals surface area contributed by atoms with Gasteiger partial charge in [-0.1, -0.05) is 37.6 Å². The van der Waals surface area contributed by atoms with Gasteiger partial charge in [-0.2, -0.15) is 0 Å². The first-order chi connectivity index (χ1) is 10.3. The molecule has 0 saturated heterocycles. The number of fused-ring (bicyclic) bond motifs is 2. The number of ether oxygens (including phenoxy) is 3. The van der Waals surface area contributed by atoms with Crippen LogP contribution in [0.5, 0.6) is 11.5 Å². The number of rotatable bonds is 4. The van der Waals surface area contributed by atoms with E-state index < -0.39 is 0 Å². The molecule has 3 heteroatoms. The minimum atomic E-state index is 0.0171. The average Bonchev–Trinajstić information content (AvgIpc) is 2.53. The molecule has 1 aliphatic heterocycles. The highest BCUT2D eigenvalue weighted by Gasteiger charge is 2.27. The monoisotopic (exact) mass is 284 g/mol. The minimum Gasteiger partial charge on any atom is -0.496 e. The zero-order chi connectivity index (χ0) is 14.8. The molecule has 110 valence electrons. The van der Waals surface area contributed by atoms with E-state index in [4.69, 9.17) is 14.2 Å². The van der Waals surface area contributed by atoms with E-state index in [0.717, 1.165) is 46.2 Å². The van der Waals surface area contributed by atoms with Gasteiger partial charge in [-0.25, -0.2) is 0 Å². The second-order valence-electron chi connectivity index (χ2n) is 5.16. The highest BCUT2D eigenvalue weighted by atomic mass is 16.5. The predicted molar refractivity (Wildman–Crippen MR) is 84.8 cm³/mol. The number of methoxy groups -OCH3 is 2. The fourth-order valence-electron chi connectivity index (χ4n) is 3.08. The van der Waals surface area contributed by atoms with Crippen molar-refractivity contribution in [3.8, 4) is 11.5 Å². The second kappa shape index (κ2) is 5.68. The fraction of sp³-hybridized carbons (Fsp3) is 0.333.